The minimum absolute atomic E-state index is 0.0408. The first-order chi connectivity index (χ1) is 18.0. The van der Waals surface area contributed by atoms with Crippen LogP contribution in [-0.4, -0.2) is 63.9 Å². The van der Waals surface area contributed by atoms with E-state index in [0.717, 1.165) is 5.57 Å². The average Bonchev–Trinajstić information content (AvgIpc) is 2.83. The molecule has 0 radical (unpaired) electrons. The van der Waals surface area contributed by atoms with Crippen LogP contribution in [0.2, 0.25) is 10.0 Å². The van der Waals surface area contributed by atoms with Crippen molar-refractivity contribution in [2.24, 2.45) is 0 Å². The molecule has 38 heavy (non-hydrogen) atoms. The Morgan fingerprint density at radius 2 is 1.37 bits per heavy atom. The van der Waals surface area contributed by atoms with Crippen molar-refractivity contribution in [2.75, 3.05) is 13.2 Å². The van der Waals surface area contributed by atoms with Gasteiger partial charge in [0.05, 0.1) is 32.8 Å². The topological polar surface area (TPSA) is 171 Å². The number of hydrogen-bond acceptors (Lipinski definition) is 7. The van der Waals surface area contributed by atoms with E-state index in [1.807, 2.05) is 0 Å². The number of halogens is 2. The second-order valence-corrected chi connectivity index (χ2v) is 9.69. The number of ether oxygens (including phenoxy) is 2. The van der Waals surface area contributed by atoms with Crippen LogP contribution in [0.15, 0.2) is 47.7 Å². The molecule has 2 aromatic rings. The summed E-state index contributed by atoms with van der Waals surface area (Å²) in [4.78, 5) is 47.2. The van der Waals surface area contributed by atoms with Crippen LogP contribution in [0.25, 0.3) is 0 Å². The second kappa shape index (κ2) is 10.9. The molecule has 13 heteroatoms. The van der Waals surface area contributed by atoms with Crippen LogP contribution in [0.1, 0.15) is 40.0 Å². The summed E-state index contributed by atoms with van der Waals surface area (Å²) in [5, 5.41) is 34.6. The van der Waals surface area contributed by atoms with Gasteiger partial charge in [-0.3, -0.25) is 9.59 Å². The SMILES string of the molecule is O=C(COc1ccc(Cl)c(C(=O)O)c1)NC1=C2CC(NC(=O)COc3ccc(Cl)c(C(=O)O)c3)(C2)[C@@H](O)C1. The molecule has 1 fully saturated rings. The van der Waals surface area contributed by atoms with Gasteiger partial charge in [-0.25, -0.2) is 9.59 Å². The van der Waals surface area contributed by atoms with Crippen molar-refractivity contribution < 1.29 is 44.0 Å². The van der Waals surface area contributed by atoms with E-state index in [1.54, 1.807) is 0 Å². The summed E-state index contributed by atoms with van der Waals surface area (Å²) in [5.41, 5.74) is 0.221. The standard InChI is InChI=1S/C25H22Cl2N2O9/c26-17-3-1-13(5-15(17)23(33)34)37-10-21(31)28-19-7-20(30)25(8-12(19)9-25)29-22(32)11-38-14-2-4-18(27)16(6-14)24(35)36/h1-6,20,30H,7-11H2,(H,28,31)(H,29,32)(H,33,34)(H,35,36)/t20-/m0/s1. The van der Waals surface area contributed by atoms with Crippen molar-refractivity contribution in [1.29, 1.82) is 0 Å². The van der Waals surface area contributed by atoms with Crippen LogP contribution in [0.3, 0.4) is 0 Å². The number of aliphatic hydroxyl groups excluding tert-OH is 1. The molecule has 1 atom stereocenters. The number of carboxylic acids is 2. The van der Waals surface area contributed by atoms with E-state index in [-0.39, 0.29) is 45.7 Å². The van der Waals surface area contributed by atoms with Crippen LogP contribution in [0.5, 0.6) is 11.5 Å². The van der Waals surface area contributed by atoms with Crippen molar-refractivity contribution in [3.05, 3.63) is 68.8 Å². The smallest absolute Gasteiger partial charge is 0.337 e. The lowest BCUT2D eigenvalue weighted by Gasteiger charge is -2.52. The average molecular weight is 565 g/mol. The van der Waals surface area contributed by atoms with Gasteiger partial charge in [-0.15, -0.1) is 0 Å². The predicted octanol–water partition coefficient (Wildman–Crippen LogP) is 2.63. The van der Waals surface area contributed by atoms with E-state index in [0.29, 0.717) is 18.5 Å². The lowest BCUT2D eigenvalue weighted by Crippen LogP contribution is -2.65. The van der Waals surface area contributed by atoms with E-state index in [4.69, 9.17) is 42.9 Å². The highest BCUT2D eigenvalue weighted by molar-refractivity contribution is 6.34. The minimum Gasteiger partial charge on any atom is -0.484 e. The molecule has 2 aromatic carbocycles. The first kappa shape index (κ1) is 27.2. The molecule has 2 amide bonds. The summed E-state index contributed by atoms with van der Waals surface area (Å²) < 4.78 is 10.7. The molecule has 0 aliphatic heterocycles. The Bertz CT molecular complexity index is 1350. The van der Waals surface area contributed by atoms with Gasteiger partial charge in [-0.05, 0) is 54.8 Å². The van der Waals surface area contributed by atoms with Crippen LogP contribution < -0.4 is 20.1 Å². The molecule has 3 aliphatic carbocycles. The van der Waals surface area contributed by atoms with Gasteiger partial charge in [0.2, 0.25) is 0 Å². The zero-order chi connectivity index (χ0) is 27.6. The highest BCUT2D eigenvalue weighted by Crippen LogP contribution is 2.47. The van der Waals surface area contributed by atoms with Gasteiger partial charge in [0.15, 0.2) is 13.2 Å². The summed E-state index contributed by atoms with van der Waals surface area (Å²) in [7, 11) is 0. The van der Waals surface area contributed by atoms with Gasteiger partial charge in [0.25, 0.3) is 11.8 Å². The van der Waals surface area contributed by atoms with Gasteiger partial charge in [0, 0.05) is 12.1 Å². The molecule has 3 aliphatic rings. The molecule has 0 saturated heterocycles. The van der Waals surface area contributed by atoms with Crippen LogP contribution in [0.4, 0.5) is 0 Å². The summed E-state index contributed by atoms with van der Waals surface area (Å²) in [6.45, 7) is -0.787. The number of aromatic carboxylic acids is 2. The number of carbonyl (C=O) groups excluding carboxylic acids is 2. The Balaban J connectivity index is 1.28. The van der Waals surface area contributed by atoms with Crippen LogP contribution in [0, 0.1) is 0 Å². The quantitative estimate of drug-likeness (QED) is 0.291. The van der Waals surface area contributed by atoms with Gasteiger partial charge in [-0.2, -0.15) is 0 Å². The van der Waals surface area contributed by atoms with E-state index in [1.165, 1.54) is 36.4 Å². The molecule has 0 unspecified atom stereocenters. The molecular formula is C25H22Cl2N2O9. The molecule has 0 aromatic heterocycles. The maximum absolute atomic E-state index is 12.5. The van der Waals surface area contributed by atoms with E-state index in [2.05, 4.69) is 10.6 Å². The fourth-order valence-electron chi connectivity index (χ4n) is 4.33. The lowest BCUT2D eigenvalue weighted by molar-refractivity contribution is -0.129. The number of benzene rings is 2. The van der Waals surface area contributed by atoms with Crippen molar-refractivity contribution >= 4 is 47.0 Å². The Morgan fingerprint density at radius 1 is 0.868 bits per heavy atom. The minimum atomic E-state index is -1.23. The Morgan fingerprint density at radius 3 is 1.84 bits per heavy atom. The van der Waals surface area contributed by atoms with E-state index in [9.17, 15) is 24.3 Å². The second-order valence-electron chi connectivity index (χ2n) is 8.88. The van der Waals surface area contributed by atoms with Crippen molar-refractivity contribution in [2.45, 2.75) is 30.9 Å². The number of carboxylic acid groups (broad SMARTS) is 2. The van der Waals surface area contributed by atoms with Crippen LogP contribution >= 0.6 is 23.2 Å². The van der Waals surface area contributed by atoms with Crippen LogP contribution in [-0.2, 0) is 9.59 Å². The normalized spacial score (nSPS) is 19.7. The fourth-order valence-corrected chi connectivity index (χ4v) is 4.73. The molecular weight excluding hydrogens is 543 g/mol. The molecule has 1 saturated carbocycles. The third-order valence-corrected chi connectivity index (χ3v) is 6.93. The summed E-state index contributed by atoms with van der Waals surface area (Å²) in [6, 6.07) is 8.03. The Labute approximate surface area is 225 Å². The van der Waals surface area contributed by atoms with Crippen molar-refractivity contribution in [1.82, 2.24) is 10.6 Å². The monoisotopic (exact) mass is 564 g/mol. The molecule has 2 bridgehead atoms. The molecule has 0 spiro atoms. The van der Waals surface area contributed by atoms with Gasteiger partial charge >= 0.3 is 11.9 Å². The molecule has 5 rings (SSSR count). The largest absolute Gasteiger partial charge is 0.484 e. The van der Waals surface area contributed by atoms with Crippen molar-refractivity contribution in [3.8, 4) is 11.5 Å². The maximum atomic E-state index is 12.5. The van der Waals surface area contributed by atoms with E-state index >= 15 is 0 Å². The summed E-state index contributed by atoms with van der Waals surface area (Å²) in [5.74, 6) is -3.13. The highest BCUT2D eigenvalue weighted by atomic mass is 35.5. The molecule has 11 nitrogen and oxygen atoms in total. The van der Waals surface area contributed by atoms with E-state index < -0.39 is 42.0 Å². The van der Waals surface area contributed by atoms with Gasteiger partial charge < -0.3 is 35.4 Å². The maximum Gasteiger partial charge on any atom is 0.337 e. The fraction of sp³-hybridized carbons (Fsp3) is 0.280. The summed E-state index contributed by atoms with van der Waals surface area (Å²) >= 11 is 11.7. The number of hydrogen-bond donors (Lipinski definition) is 5. The third-order valence-electron chi connectivity index (χ3n) is 6.27. The zero-order valence-corrected chi connectivity index (χ0v) is 21.1. The van der Waals surface area contributed by atoms with Crippen molar-refractivity contribution in [3.63, 3.8) is 0 Å². The zero-order valence-electron chi connectivity index (χ0n) is 19.6. The molecule has 0 heterocycles. The highest BCUT2D eigenvalue weighted by Gasteiger charge is 2.52. The molecule has 5 N–H and O–H groups in total. The van der Waals surface area contributed by atoms with Gasteiger partial charge in [-0.1, -0.05) is 23.2 Å². The molecule has 200 valence electrons. The summed E-state index contributed by atoms with van der Waals surface area (Å²) in [6.07, 6.45) is -0.200. The number of amides is 2. The number of rotatable bonds is 10. The first-order valence-electron chi connectivity index (χ1n) is 11.3. The Hall–Kier alpha value is -3.80. The predicted molar refractivity (Wildman–Crippen MR) is 134 cm³/mol. The van der Waals surface area contributed by atoms with Gasteiger partial charge in [0.1, 0.15) is 11.5 Å². The number of fused-ring (bicyclic) bond motifs is 2. The first-order valence-corrected chi connectivity index (χ1v) is 12.0. The third kappa shape index (κ3) is 5.85. The lowest BCUT2D eigenvalue weighted by atomic mass is 9.62. The number of aliphatic hydroxyl groups is 1. The number of nitrogens with one attached hydrogen (secondary N) is 2. The number of carbonyl (C=O) groups is 4. The Kier molecular flexibility index (Phi) is 7.81.